The smallest absolute Gasteiger partial charge is 0.278 e. The number of pyridine rings is 2. The molecule has 0 atom stereocenters. The van der Waals surface area contributed by atoms with Crippen molar-refractivity contribution in [2.24, 2.45) is 0 Å². The molecule has 0 saturated carbocycles. The maximum absolute atomic E-state index is 12.4. The summed E-state index contributed by atoms with van der Waals surface area (Å²) >= 11 is 0. The van der Waals surface area contributed by atoms with Gasteiger partial charge in [0.05, 0.1) is 5.69 Å². The van der Waals surface area contributed by atoms with Crippen LogP contribution in [0.15, 0.2) is 60.0 Å². The summed E-state index contributed by atoms with van der Waals surface area (Å²) in [5.41, 5.74) is 1.42. The molecule has 0 amide bonds. The van der Waals surface area contributed by atoms with Crippen molar-refractivity contribution in [3.63, 3.8) is 0 Å². The van der Waals surface area contributed by atoms with Crippen LogP contribution >= 0.6 is 0 Å². The molecule has 0 aliphatic rings. The van der Waals surface area contributed by atoms with Gasteiger partial charge in [0.1, 0.15) is 0 Å². The van der Waals surface area contributed by atoms with Crippen molar-refractivity contribution in [1.82, 2.24) is 9.97 Å². The van der Waals surface area contributed by atoms with Gasteiger partial charge in [0.25, 0.3) is 10.0 Å². The number of benzene rings is 1. The minimum atomic E-state index is -3.70. The molecular formula is C15H13N3O2S. The van der Waals surface area contributed by atoms with Crippen LogP contribution in [0, 0.1) is 6.92 Å². The predicted octanol–water partition coefficient (Wildman–Crippen LogP) is 2.74. The van der Waals surface area contributed by atoms with Gasteiger partial charge in [-0.15, -0.1) is 0 Å². The second-order valence-corrected chi connectivity index (χ2v) is 6.31. The number of nitrogens with one attached hydrogen (secondary N) is 1. The van der Waals surface area contributed by atoms with Crippen LogP contribution in [0.5, 0.6) is 0 Å². The molecule has 0 bridgehead atoms. The van der Waals surface area contributed by atoms with Crippen molar-refractivity contribution in [1.29, 1.82) is 0 Å². The van der Waals surface area contributed by atoms with E-state index in [1.165, 1.54) is 12.3 Å². The average molecular weight is 299 g/mol. The van der Waals surface area contributed by atoms with Gasteiger partial charge in [-0.3, -0.25) is 9.71 Å². The lowest BCUT2D eigenvalue weighted by atomic mass is 10.1. The Balaban J connectivity index is 2.03. The minimum Gasteiger partial charge on any atom is -0.278 e. The molecule has 2 aromatic heterocycles. The Morgan fingerprint density at radius 1 is 1.05 bits per heavy atom. The number of aryl methyl sites for hydroxylation is 1. The predicted molar refractivity (Wildman–Crippen MR) is 81.5 cm³/mol. The van der Waals surface area contributed by atoms with E-state index >= 15 is 0 Å². The number of nitrogens with zero attached hydrogens (tertiary/aromatic N) is 2. The van der Waals surface area contributed by atoms with Gasteiger partial charge < -0.3 is 0 Å². The fraction of sp³-hybridized carbons (Fsp3) is 0.0667. The first kappa shape index (κ1) is 13.5. The number of hydrogen-bond donors (Lipinski definition) is 1. The van der Waals surface area contributed by atoms with E-state index in [-0.39, 0.29) is 5.03 Å². The van der Waals surface area contributed by atoms with Crippen LogP contribution in [0.4, 0.5) is 5.69 Å². The third-order valence-corrected chi connectivity index (χ3v) is 4.37. The number of hydrogen-bond acceptors (Lipinski definition) is 4. The molecule has 106 valence electrons. The van der Waals surface area contributed by atoms with E-state index in [1.54, 1.807) is 36.7 Å². The van der Waals surface area contributed by atoms with Crippen molar-refractivity contribution in [2.75, 3.05) is 4.72 Å². The van der Waals surface area contributed by atoms with E-state index in [0.29, 0.717) is 5.69 Å². The summed E-state index contributed by atoms with van der Waals surface area (Å²) in [5.74, 6) is 0. The monoisotopic (exact) mass is 299 g/mol. The maximum Gasteiger partial charge on any atom is 0.279 e. The molecule has 3 aromatic rings. The lowest BCUT2D eigenvalue weighted by molar-refractivity contribution is 0.597. The summed E-state index contributed by atoms with van der Waals surface area (Å²) in [4.78, 5) is 7.99. The van der Waals surface area contributed by atoms with Crippen LogP contribution in [0.1, 0.15) is 5.56 Å². The van der Waals surface area contributed by atoms with Crippen LogP contribution in [0.2, 0.25) is 0 Å². The van der Waals surface area contributed by atoms with E-state index in [2.05, 4.69) is 14.7 Å². The molecule has 0 spiro atoms. The Bertz CT molecular complexity index is 885. The Labute approximate surface area is 122 Å². The van der Waals surface area contributed by atoms with E-state index in [1.807, 2.05) is 13.0 Å². The molecule has 21 heavy (non-hydrogen) atoms. The van der Waals surface area contributed by atoms with Gasteiger partial charge in [0, 0.05) is 29.4 Å². The topological polar surface area (TPSA) is 72.0 Å². The second-order valence-electron chi connectivity index (χ2n) is 4.68. The fourth-order valence-electron chi connectivity index (χ4n) is 2.02. The quantitative estimate of drug-likeness (QED) is 0.807. The molecule has 2 heterocycles. The van der Waals surface area contributed by atoms with Gasteiger partial charge in [-0.2, -0.15) is 8.42 Å². The molecule has 0 radical (unpaired) electrons. The van der Waals surface area contributed by atoms with Crippen LogP contribution in [-0.4, -0.2) is 18.4 Å². The van der Waals surface area contributed by atoms with Gasteiger partial charge in [0.15, 0.2) is 5.03 Å². The highest BCUT2D eigenvalue weighted by Crippen LogP contribution is 2.24. The largest absolute Gasteiger partial charge is 0.279 e. The highest BCUT2D eigenvalue weighted by Gasteiger charge is 2.16. The van der Waals surface area contributed by atoms with Gasteiger partial charge >= 0.3 is 0 Å². The normalized spacial score (nSPS) is 11.5. The average Bonchev–Trinajstić information content (AvgIpc) is 2.48. The zero-order chi connectivity index (χ0) is 14.9. The number of aromatic nitrogens is 2. The van der Waals surface area contributed by atoms with E-state index < -0.39 is 10.0 Å². The second kappa shape index (κ2) is 5.14. The third-order valence-electron chi connectivity index (χ3n) is 3.08. The highest BCUT2D eigenvalue weighted by atomic mass is 32.2. The summed E-state index contributed by atoms with van der Waals surface area (Å²) in [6.45, 7) is 1.86. The lowest BCUT2D eigenvalue weighted by Gasteiger charge is -2.10. The molecule has 0 aliphatic heterocycles. The summed E-state index contributed by atoms with van der Waals surface area (Å²) < 4.78 is 27.3. The zero-order valence-electron chi connectivity index (χ0n) is 11.3. The molecule has 1 aromatic carbocycles. The number of anilines is 1. The van der Waals surface area contributed by atoms with E-state index in [0.717, 1.165) is 16.3 Å². The Kier molecular flexibility index (Phi) is 3.31. The highest BCUT2D eigenvalue weighted by molar-refractivity contribution is 7.92. The Morgan fingerprint density at radius 3 is 2.67 bits per heavy atom. The van der Waals surface area contributed by atoms with Crippen LogP contribution in [-0.2, 0) is 10.0 Å². The third kappa shape index (κ3) is 2.71. The van der Waals surface area contributed by atoms with Crippen molar-refractivity contribution in [2.45, 2.75) is 11.9 Å². The van der Waals surface area contributed by atoms with Crippen molar-refractivity contribution < 1.29 is 8.42 Å². The Hall–Kier alpha value is -2.47. The number of sulfonamides is 1. The van der Waals surface area contributed by atoms with Crippen molar-refractivity contribution >= 4 is 26.5 Å². The molecule has 3 rings (SSSR count). The molecule has 0 unspecified atom stereocenters. The molecule has 0 fully saturated rings. The number of fused-ring (bicyclic) bond motifs is 1. The van der Waals surface area contributed by atoms with Gasteiger partial charge in [-0.1, -0.05) is 18.2 Å². The SMILES string of the molecule is Cc1ccc(S(=O)(=O)Nc2cccc3cnccc23)nc1. The first-order valence-electron chi connectivity index (χ1n) is 6.34. The summed E-state index contributed by atoms with van der Waals surface area (Å²) in [6, 6.07) is 10.4. The van der Waals surface area contributed by atoms with Crippen LogP contribution < -0.4 is 4.72 Å². The summed E-state index contributed by atoms with van der Waals surface area (Å²) in [5, 5.41) is 1.66. The van der Waals surface area contributed by atoms with Crippen molar-refractivity contribution in [3.05, 3.63) is 60.6 Å². The zero-order valence-corrected chi connectivity index (χ0v) is 12.1. The fourth-order valence-corrected chi connectivity index (χ4v) is 3.03. The molecule has 0 saturated heterocycles. The van der Waals surface area contributed by atoms with Crippen LogP contribution in [0.25, 0.3) is 10.8 Å². The summed E-state index contributed by atoms with van der Waals surface area (Å²) in [7, 11) is -3.70. The minimum absolute atomic E-state index is 0.000779. The molecule has 1 N–H and O–H groups in total. The molecule has 0 aliphatic carbocycles. The van der Waals surface area contributed by atoms with E-state index in [4.69, 9.17) is 0 Å². The lowest BCUT2D eigenvalue weighted by Crippen LogP contribution is -2.14. The Morgan fingerprint density at radius 2 is 1.90 bits per heavy atom. The molecule has 6 heteroatoms. The molecule has 5 nitrogen and oxygen atoms in total. The molecular weight excluding hydrogens is 286 g/mol. The maximum atomic E-state index is 12.4. The standard InChI is InChI=1S/C15H13N3O2S/c1-11-5-6-15(17-9-11)21(19,20)18-14-4-2-3-12-10-16-8-7-13(12)14/h2-10,18H,1H3. The van der Waals surface area contributed by atoms with Gasteiger partial charge in [-0.25, -0.2) is 4.98 Å². The van der Waals surface area contributed by atoms with Crippen LogP contribution in [0.3, 0.4) is 0 Å². The first-order valence-corrected chi connectivity index (χ1v) is 7.83. The van der Waals surface area contributed by atoms with Gasteiger partial charge in [-0.05, 0) is 30.7 Å². The van der Waals surface area contributed by atoms with E-state index in [9.17, 15) is 8.42 Å². The van der Waals surface area contributed by atoms with Crippen molar-refractivity contribution in [3.8, 4) is 0 Å². The summed E-state index contributed by atoms with van der Waals surface area (Å²) in [6.07, 6.45) is 4.85. The first-order chi connectivity index (χ1) is 10.1. The van der Waals surface area contributed by atoms with Gasteiger partial charge in [0.2, 0.25) is 0 Å². The number of rotatable bonds is 3.